The van der Waals surface area contributed by atoms with E-state index in [-0.39, 0.29) is 29.8 Å². The van der Waals surface area contributed by atoms with Crippen molar-refractivity contribution >= 4 is 17.7 Å². The second-order valence-electron chi connectivity index (χ2n) is 11.3. The van der Waals surface area contributed by atoms with Crippen molar-refractivity contribution in [1.29, 1.82) is 0 Å². The number of benzene rings is 2. The predicted molar refractivity (Wildman–Crippen MR) is 144 cm³/mol. The van der Waals surface area contributed by atoms with Crippen molar-refractivity contribution in [1.82, 2.24) is 10.2 Å². The van der Waals surface area contributed by atoms with E-state index < -0.39 is 35.3 Å². The molecule has 2 atom stereocenters. The highest BCUT2D eigenvalue weighted by atomic mass is 19.1. The first-order chi connectivity index (χ1) is 17.7. The summed E-state index contributed by atoms with van der Waals surface area (Å²) < 4.78 is 13.2. The summed E-state index contributed by atoms with van der Waals surface area (Å²) in [5.74, 6) is -1.77. The van der Waals surface area contributed by atoms with E-state index in [4.69, 9.17) is 11.5 Å². The lowest BCUT2D eigenvalue weighted by atomic mass is 9.84. The number of carbonyl (C=O) groups excluding carboxylic acids is 3. The van der Waals surface area contributed by atoms with E-state index in [0.29, 0.717) is 18.4 Å². The quantitative estimate of drug-likeness (QED) is 0.398. The van der Waals surface area contributed by atoms with E-state index in [2.05, 4.69) is 5.32 Å². The summed E-state index contributed by atoms with van der Waals surface area (Å²) in [4.78, 5) is 40.8. The summed E-state index contributed by atoms with van der Waals surface area (Å²) in [5.41, 5.74) is 12.6. The van der Waals surface area contributed by atoms with Gasteiger partial charge < -0.3 is 26.8 Å². The SMILES string of the molecule is CN(C(=O)[C@@H](N)Cc1ccc(F)cc1)C1(C(=O)N[C@@H](Cc2ccc(O)c(C(C)(C)C)c2)C(N)=O)CCCC1. The van der Waals surface area contributed by atoms with Gasteiger partial charge in [0.05, 0.1) is 6.04 Å². The first-order valence-corrected chi connectivity index (χ1v) is 12.9. The number of nitrogens with two attached hydrogens (primary N) is 2. The Kier molecular flexibility index (Phi) is 8.82. The highest BCUT2D eigenvalue weighted by molar-refractivity contribution is 5.96. The van der Waals surface area contributed by atoms with E-state index in [1.807, 2.05) is 26.8 Å². The monoisotopic (exact) mass is 526 g/mol. The maximum Gasteiger partial charge on any atom is 0.246 e. The molecule has 6 N–H and O–H groups in total. The van der Waals surface area contributed by atoms with E-state index in [0.717, 1.165) is 24.0 Å². The highest BCUT2D eigenvalue weighted by Crippen LogP contribution is 2.36. The molecule has 38 heavy (non-hydrogen) atoms. The van der Waals surface area contributed by atoms with Crippen LogP contribution in [0.1, 0.15) is 63.1 Å². The van der Waals surface area contributed by atoms with Gasteiger partial charge in [0.2, 0.25) is 17.7 Å². The maximum atomic E-state index is 13.7. The topological polar surface area (TPSA) is 139 Å². The molecular weight excluding hydrogens is 487 g/mol. The van der Waals surface area contributed by atoms with Crippen LogP contribution in [0, 0.1) is 5.82 Å². The number of rotatable bonds is 9. The molecule has 0 radical (unpaired) electrons. The zero-order valence-electron chi connectivity index (χ0n) is 22.6. The van der Waals surface area contributed by atoms with Crippen LogP contribution in [0.15, 0.2) is 42.5 Å². The Morgan fingerprint density at radius 2 is 1.63 bits per heavy atom. The number of nitrogens with one attached hydrogen (secondary N) is 1. The third kappa shape index (κ3) is 6.51. The van der Waals surface area contributed by atoms with Crippen molar-refractivity contribution in [2.24, 2.45) is 11.5 Å². The molecule has 206 valence electrons. The second kappa shape index (κ2) is 11.5. The molecule has 3 rings (SSSR count). The van der Waals surface area contributed by atoms with Gasteiger partial charge in [-0.2, -0.15) is 0 Å². The molecule has 1 aliphatic carbocycles. The number of hydrogen-bond donors (Lipinski definition) is 4. The Morgan fingerprint density at radius 1 is 1.05 bits per heavy atom. The third-order valence-corrected chi connectivity index (χ3v) is 7.47. The van der Waals surface area contributed by atoms with Crippen molar-refractivity contribution in [3.8, 4) is 5.75 Å². The lowest BCUT2D eigenvalue weighted by Crippen LogP contribution is -2.63. The second-order valence-corrected chi connectivity index (χ2v) is 11.3. The molecule has 1 saturated carbocycles. The van der Waals surface area contributed by atoms with Crippen molar-refractivity contribution in [2.45, 2.75) is 82.3 Å². The molecule has 0 aromatic heterocycles. The van der Waals surface area contributed by atoms with Gasteiger partial charge >= 0.3 is 0 Å². The molecule has 2 aromatic carbocycles. The van der Waals surface area contributed by atoms with E-state index in [9.17, 15) is 23.9 Å². The van der Waals surface area contributed by atoms with Crippen LogP contribution in [0.25, 0.3) is 0 Å². The number of amides is 3. The lowest BCUT2D eigenvalue weighted by Gasteiger charge is -2.39. The number of nitrogens with zero attached hydrogens (tertiary/aromatic N) is 1. The molecule has 9 heteroatoms. The summed E-state index contributed by atoms with van der Waals surface area (Å²) in [6.45, 7) is 5.91. The zero-order chi connectivity index (χ0) is 28.3. The van der Waals surface area contributed by atoms with Crippen LogP contribution in [-0.2, 0) is 32.6 Å². The number of carbonyl (C=O) groups is 3. The number of likely N-dealkylation sites (N-methyl/N-ethyl adjacent to an activating group) is 1. The van der Waals surface area contributed by atoms with Gasteiger partial charge in [-0.05, 0) is 59.6 Å². The fourth-order valence-corrected chi connectivity index (χ4v) is 5.16. The highest BCUT2D eigenvalue weighted by Gasteiger charge is 2.48. The van der Waals surface area contributed by atoms with Gasteiger partial charge in [-0.15, -0.1) is 0 Å². The molecule has 3 amide bonds. The van der Waals surface area contributed by atoms with Crippen molar-refractivity contribution < 1.29 is 23.9 Å². The molecule has 2 aromatic rings. The Bertz CT molecular complexity index is 1170. The molecule has 1 aliphatic rings. The van der Waals surface area contributed by atoms with E-state index in [1.165, 1.54) is 17.0 Å². The Hall–Kier alpha value is -3.46. The lowest BCUT2D eigenvalue weighted by molar-refractivity contribution is -0.147. The third-order valence-electron chi connectivity index (χ3n) is 7.47. The fraction of sp³-hybridized carbons (Fsp3) is 0.483. The summed E-state index contributed by atoms with van der Waals surface area (Å²) >= 11 is 0. The normalized spacial score (nSPS) is 16.5. The van der Waals surface area contributed by atoms with Crippen LogP contribution < -0.4 is 16.8 Å². The summed E-state index contributed by atoms with van der Waals surface area (Å²) in [6, 6.07) is 8.93. The molecule has 0 saturated heterocycles. The zero-order valence-corrected chi connectivity index (χ0v) is 22.6. The molecular formula is C29H39FN4O4. The standard InChI is InChI=1S/C29H39FN4O4/c1-28(2,3)21-15-19(9-12-24(21)35)17-23(25(32)36)33-27(38)29(13-5-6-14-29)34(4)26(37)22(31)16-18-7-10-20(30)11-8-18/h7-12,15,22-23,35H,5-6,13-14,16-17,31H2,1-4H3,(H2,32,36)(H,33,38)/t22-,23-/m0/s1. The Morgan fingerprint density at radius 3 is 2.18 bits per heavy atom. The van der Waals surface area contributed by atoms with Gasteiger partial charge in [0.15, 0.2) is 0 Å². The average molecular weight is 527 g/mol. The van der Waals surface area contributed by atoms with Crippen molar-refractivity contribution in [3.05, 3.63) is 65.0 Å². The van der Waals surface area contributed by atoms with Crippen LogP contribution in [0.3, 0.4) is 0 Å². The molecule has 8 nitrogen and oxygen atoms in total. The van der Waals surface area contributed by atoms with Gasteiger partial charge in [0.25, 0.3) is 0 Å². The van der Waals surface area contributed by atoms with Gasteiger partial charge in [0, 0.05) is 13.5 Å². The summed E-state index contributed by atoms with van der Waals surface area (Å²) in [5, 5.41) is 13.1. The minimum Gasteiger partial charge on any atom is -0.508 e. The summed E-state index contributed by atoms with van der Waals surface area (Å²) in [6.07, 6.45) is 2.69. The van der Waals surface area contributed by atoms with Crippen molar-refractivity contribution in [3.63, 3.8) is 0 Å². The number of primary amides is 1. The minimum absolute atomic E-state index is 0.141. The van der Waals surface area contributed by atoms with Crippen LogP contribution in [0.2, 0.25) is 0 Å². The first-order valence-electron chi connectivity index (χ1n) is 12.9. The molecule has 0 bridgehead atoms. The average Bonchev–Trinajstić information content (AvgIpc) is 3.35. The Labute approximate surface area is 223 Å². The smallest absolute Gasteiger partial charge is 0.246 e. The van der Waals surface area contributed by atoms with E-state index in [1.54, 1.807) is 31.3 Å². The van der Waals surface area contributed by atoms with Crippen LogP contribution >= 0.6 is 0 Å². The number of hydrogen-bond acceptors (Lipinski definition) is 5. The van der Waals surface area contributed by atoms with Gasteiger partial charge in [0.1, 0.15) is 23.1 Å². The van der Waals surface area contributed by atoms with Crippen LogP contribution in [0.4, 0.5) is 4.39 Å². The fourth-order valence-electron chi connectivity index (χ4n) is 5.16. The van der Waals surface area contributed by atoms with Crippen LogP contribution in [-0.4, -0.2) is 52.4 Å². The Balaban J connectivity index is 1.78. The number of phenols is 1. The predicted octanol–water partition coefficient (Wildman–Crippen LogP) is 2.68. The molecule has 1 fully saturated rings. The largest absolute Gasteiger partial charge is 0.508 e. The van der Waals surface area contributed by atoms with Gasteiger partial charge in [-0.3, -0.25) is 14.4 Å². The molecule has 0 spiro atoms. The van der Waals surface area contributed by atoms with Crippen LogP contribution in [0.5, 0.6) is 5.75 Å². The number of aromatic hydroxyl groups is 1. The molecule has 0 aliphatic heterocycles. The summed E-state index contributed by atoms with van der Waals surface area (Å²) in [7, 11) is 1.56. The first kappa shape index (κ1) is 29.1. The van der Waals surface area contributed by atoms with Gasteiger partial charge in [-0.25, -0.2) is 4.39 Å². The molecule has 0 unspecified atom stereocenters. The number of halogens is 1. The molecule has 0 heterocycles. The number of phenolic OH excluding ortho intramolecular Hbond substituents is 1. The van der Waals surface area contributed by atoms with E-state index >= 15 is 0 Å². The minimum atomic E-state index is -1.16. The van der Waals surface area contributed by atoms with Gasteiger partial charge in [-0.1, -0.05) is 57.9 Å². The maximum absolute atomic E-state index is 13.7. The van der Waals surface area contributed by atoms with Crippen molar-refractivity contribution in [2.75, 3.05) is 7.05 Å².